The Hall–Kier alpha value is -2.63. The molecule has 2 aromatic rings. The molecule has 0 N–H and O–H groups in total. The van der Waals surface area contributed by atoms with Crippen LogP contribution in [0.15, 0.2) is 33.8 Å². The van der Waals surface area contributed by atoms with Gasteiger partial charge in [-0.15, -0.1) is 0 Å². The molecule has 2 fully saturated rings. The first kappa shape index (κ1) is 22.6. The second-order valence-electron chi connectivity index (χ2n) is 7.21. The minimum atomic E-state index is -0.509. The predicted octanol–water partition coefficient (Wildman–Crippen LogP) is 2.47. The summed E-state index contributed by atoms with van der Waals surface area (Å²) in [4.78, 5) is 52.5. The Labute approximate surface area is 196 Å². The Morgan fingerprint density at radius 1 is 1.22 bits per heavy atom. The lowest BCUT2D eigenvalue weighted by atomic mass is 10.1. The second kappa shape index (κ2) is 9.47. The molecule has 11 heteroatoms. The maximum Gasteiger partial charge on any atom is 0.325 e. The van der Waals surface area contributed by atoms with Gasteiger partial charge < -0.3 is 18.9 Å². The first-order valence-corrected chi connectivity index (χ1v) is 11.4. The smallest absolute Gasteiger partial charge is 0.325 e. The number of thioether (sulfide) groups is 1. The molecule has 0 radical (unpaired) electrons. The fourth-order valence-corrected chi connectivity index (χ4v) is 4.76. The molecule has 9 nitrogen and oxygen atoms in total. The molecular formula is C21H20BrN3O6S. The lowest BCUT2D eigenvalue weighted by Gasteiger charge is -2.28. The standard InChI is InChI=1S/C21H20BrN3O6S/c1-30-19(27)12-24-10-13(15-9-14(22)2-3-16(15)24)8-17-20(28)25(21(29)32-17)11-18(26)23-4-6-31-7-5-23/h2-3,8-10H,4-7,11-12H2,1H3/b17-8-. The number of benzene rings is 1. The third-order valence-electron chi connectivity index (χ3n) is 5.22. The average Bonchev–Trinajstić information content (AvgIpc) is 3.25. The summed E-state index contributed by atoms with van der Waals surface area (Å²) in [5.74, 6) is -1.20. The van der Waals surface area contributed by atoms with Gasteiger partial charge in [0.15, 0.2) is 0 Å². The number of esters is 1. The molecule has 0 saturated carbocycles. The molecule has 0 aliphatic carbocycles. The lowest BCUT2D eigenvalue weighted by Crippen LogP contribution is -2.46. The number of ether oxygens (including phenoxy) is 2. The summed E-state index contributed by atoms with van der Waals surface area (Å²) in [7, 11) is 1.32. The number of imide groups is 1. The number of nitrogens with zero attached hydrogens (tertiary/aromatic N) is 3. The molecule has 3 heterocycles. The van der Waals surface area contributed by atoms with Crippen LogP contribution in [-0.4, -0.2) is 77.3 Å². The van der Waals surface area contributed by atoms with E-state index in [9.17, 15) is 19.2 Å². The molecule has 3 amide bonds. The first-order valence-electron chi connectivity index (χ1n) is 9.83. The first-order chi connectivity index (χ1) is 15.4. The van der Waals surface area contributed by atoms with E-state index in [0.29, 0.717) is 31.9 Å². The van der Waals surface area contributed by atoms with Crippen molar-refractivity contribution in [2.45, 2.75) is 6.54 Å². The monoisotopic (exact) mass is 521 g/mol. The van der Waals surface area contributed by atoms with E-state index in [-0.39, 0.29) is 23.9 Å². The minimum Gasteiger partial charge on any atom is -0.468 e. The molecule has 32 heavy (non-hydrogen) atoms. The predicted molar refractivity (Wildman–Crippen MR) is 122 cm³/mol. The third-order valence-corrected chi connectivity index (χ3v) is 6.62. The van der Waals surface area contributed by atoms with E-state index in [1.54, 1.807) is 21.7 Å². The number of amides is 3. The van der Waals surface area contributed by atoms with Gasteiger partial charge in [0.05, 0.1) is 25.2 Å². The molecule has 168 valence electrons. The molecule has 1 aromatic heterocycles. The quantitative estimate of drug-likeness (QED) is 0.440. The maximum atomic E-state index is 12.9. The Morgan fingerprint density at radius 3 is 2.69 bits per heavy atom. The number of carbonyl (C=O) groups is 4. The highest BCUT2D eigenvalue weighted by molar-refractivity contribution is 9.10. The molecule has 4 rings (SSSR count). The van der Waals surface area contributed by atoms with Crippen molar-refractivity contribution < 1.29 is 28.7 Å². The lowest BCUT2D eigenvalue weighted by molar-refractivity contribution is -0.141. The molecule has 2 aliphatic heterocycles. The van der Waals surface area contributed by atoms with Crippen LogP contribution in [0.25, 0.3) is 17.0 Å². The SMILES string of the molecule is COC(=O)Cn1cc(/C=C2\SC(=O)N(CC(=O)N3CCOCC3)C2=O)c2cc(Br)ccc21. The van der Waals surface area contributed by atoms with Gasteiger partial charge in [0.25, 0.3) is 11.1 Å². The van der Waals surface area contributed by atoms with Crippen molar-refractivity contribution in [1.29, 1.82) is 0 Å². The van der Waals surface area contributed by atoms with Crippen molar-refractivity contribution in [2.75, 3.05) is 40.0 Å². The molecule has 0 unspecified atom stereocenters. The highest BCUT2D eigenvalue weighted by Gasteiger charge is 2.37. The average molecular weight is 522 g/mol. The number of fused-ring (bicyclic) bond motifs is 1. The van der Waals surface area contributed by atoms with E-state index >= 15 is 0 Å². The van der Waals surface area contributed by atoms with E-state index in [1.807, 2.05) is 18.2 Å². The van der Waals surface area contributed by atoms with Crippen LogP contribution in [0.3, 0.4) is 0 Å². The highest BCUT2D eigenvalue weighted by atomic mass is 79.9. The van der Waals surface area contributed by atoms with Crippen LogP contribution in [0.4, 0.5) is 4.79 Å². The second-order valence-corrected chi connectivity index (χ2v) is 9.12. The molecule has 0 spiro atoms. The van der Waals surface area contributed by atoms with Gasteiger partial charge in [-0.25, -0.2) is 0 Å². The summed E-state index contributed by atoms with van der Waals surface area (Å²) >= 11 is 4.24. The Balaban J connectivity index is 1.60. The van der Waals surface area contributed by atoms with Crippen LogP contribution in [0.5, 0.6) is 0 Å². The Kier molecular flexibility index (Phi) is 6.68. The van der Waals surface area contributed by atoms with Crippen LogP contribution >= 0.6 is 27.7 Å². The van der Waals surface area contributed by atoms with Crippen LogP contribution < -0.4 is 0 Å². The summed E-state index contributed by atoms with van der Waals surface area (Å²) in [6.07, 6.45) is 3.35. The number of hydrogen-bond donors (Lipinski definition) is 0. The highest BCUT2D eigenvalue weighted by Crippen LogP contribution is 2.34. The molecule has 2 aliphatic rings. The van der Waals surface area contributed by atoms with Gasteiger partial charge in [-0.1, -0.05) is 15.9 Å². The number of rotatable bonds is 5. The van der Waals surface area contributed by atoms with Crippen LogP contribution in [0.2, 0.25) is 0 Å². The van der Waals surface area contributed by atoms with Gasteiger partial charge in [0, 0.05) is 40.2 Å². The normalized spacial score (nSPS) is 18.1. The molecular weight excluding hydrogens is 502 g/mol. The van der Waals surface area contributed by atoms with E-state index in [2.05, 4.69) is 15.9 Å². The van der Waals surface area contributed by atoms with Crippen LogP contribution in [0, 0.1) is 0 Å². The molecule has 0 atom stereocenters. The topological polar surface area (TPSA) is 98.2 Å². The van der Waals surface area contributed by atoms with E-state index in [1.165, 1.54) is 7.11 Å². The number of methoxy groups -OCH3 is 1. The number of halogens is 1. The van der Waals surface area contributed by atoms with E-state index in [4.69, 9.17) is 9.47 Å². The minimum absolute atomic E-state index is 0.0119. The fraction of sp³-hybridized carbons (Fsp3) is 0.333. The van der Waals surface area contributed by atoms with Crippen molar-refractivity contribution in [1.82, 2.24) is 14.4 Å². The van der Waals surface area contributed by atoms with Gasteiger partial charge in [0.2, 0.25) is 5.91 Å². The molecule has 2 saturated heterocycles. The fourth-order valence-electron chi connectivity index (χ4n) is 3.57. The van der Waals surface area contributed by atoms with Crippen molar-refractivity contribution in [3.8, 4) is 0 Å². The van der Waals surface area contributed by atoms with Gasteiger partial charge in [-0.3, -0.25) is 24.1 Å². The molecule has 1 aromatic carbocycles. The Bertz CT molecular complexity index is 1140. The van der Waals surface area contributed by atoms with Gasteiger partial charge in [0.1, 0.15) is 13.1 Å². The summed E-state index contributed by atoms with van der Waals surface area (Å²) in [5.41, 5.74) is 1.46. The van der Waals surface area contributed by atoms with E-state index < -0.39 is 17.1 Å². The number of carbonyl (C=O) groups excluding carboxylic acids is 4. The van der Waals surface area contributed by atoms with E-state index in [0.717, 1.165) is 32.0 Å². The third kappa shape index (κ3) is 4.59. The maximum absolute atomic E-state index is 12.9. The van der Waals surface area contributed by atoms with Crippen molar-refractivity contribution in [3.05, 3.63) is 39.3 Å². The summed E-state index contributed by atoms with van der Waals surface area (Å²) in [6, 6.07) is 5.58. The summed E-state index contributed by atoms with van der Waals surface area (Å²) < 4.78 is 12.6. The van der Waals surface area contributed by atoms with Crippen molar-refractivity contribution in [3.63, 3.8) is 0 Å². The van der Waals surface area contributed by atoms with Gasteiger partial charge >= 0.3 is 5.97 Å². The summed E-state index contributed by atoms with van der Waals surface area (Å²) in [6.45, 7) is 1.49. The van der Waals surface area contributed by atoms with Gasteiger partial charge in [-0.2, -0.15) is 0 Å². The van der Waals surface area contributed by atoms with Crippen molar-refractivity contribution in [2.24, 2.45) is 0 Å². The zero-order chi connectivity index (χ0) is 22.8. The zero-order valence-electron chi connectivity index (χ0n) is 17.2. The molecule has 0 bridgehead atoms. The van der Waals surface area contributed by atoms with Crippen molar-refractivity contribution >= 4 is 67.7 Å². The summed E-state index contributed by atoms with van der Waals surface area (Å²) in [5, 5.41) is 0.321. The number of aromatic nitrogens is 1. The largest absolute Gasteiger partial charge is 0.468 e. The Morgan fingerprint density at radius 2 is 1.97 bits per heavy atom. The number of hydrogen-bond acceptors (Lipinski definition) is 7. The zero-order valence-corrected chi connectivity index (χ0v) is 19.6. The van der Waals surface area contributed by atoms with Gasteiger partial charge in [-0.05, 0) is 36.0 Å². The number of morpholine rings is 1. The van der Waals surface area contributed by atoms with Crippen LogP contribution in [0.1, 0.15) is 5.56 Å². The van der Waals surface area contributed by atoms with Crippen LogP contribution in [-0.2, 0) is 30.4 Å².